The van der Waals surface area contributed by atoms with Gasteiger partial charge >= 0.3 is 0 Å². The minimum absolute atomic E-state index is 0.271. The van der Waals surface area contributed by atoms with E-state index in [1.165, 1.54) is 18.4 Å². The number of hydrogen-bond acceptors (Lipinski definition) is 2. The summed E-state index contributed by atoms with van der Waals surface area (Å²) in [4.78, 5) is 0. The molecule has 1 aliphatic rings. The van der Waals surface area contributed by atoms with Gasteiger partial charge in [0.05, 0.1) is 6.10 Å². The Balaban J connectivity index is 1.75. The second-order valence-corrected chi connectivity index (χ2v) is 6.26. The third-order valence-corrected chi connectivity index (χ3v) is 4.66. The molecule has 1 aliphatic heterocycles. The largest absolute Gasteiger partial charge is 0.396 e. The van der Waals surface area contributed by atoms with Gasteiger partial charge in [-0.2, -0.15) is 0 Å². The van der Waals surface area contributed by atoms with Gasteiger partial charge < -0.3 is 9.84 Å². The van der Waals surface area contributed by atoms with Crippen molar-refractivity contribution in [3.63, 3.8) is 0 Å². The summed E-state index contributed by atoms with van der Waals surface area (Å²) in [7, 11) is 0. The fourth-order valence-corrected chi connectivity index (χ4v) is 3.19. The maximum Gasteiger partial charge on any atom is 0.0576 e. The van der Waals surface area contributed by atoms with Crippen LogP contribution in [0.2, 0.25) is 0 Å². The Morgan fingerprint density at radius 1 is 1.37 bits per heavy atom. The Morgan fingerprint density at radius 3 is 2.89 bits per heavy atom. The van der Waals surface area contributed by atoms with E-state index in [-0.39, 0.29) is 6.61 Å². The van der Waals surface area contributed by atoms with Crippen molar-refractivity contribution in [3.8, 4) is 0 Å². The molecule has 2 rings (SSSR count). The topological polar surface area (TPSA) is 29.5 Å². The van der Waals surface area contributed by atoms with Gasteiger partial charge in [-0.05, 0) is 49.7 Å². The first kappa shape index (κ1) is 15.0. The zero-order valence-electron chi connectivity index (χ0n) is 11.4. The first-order valence-corrected chi connectivity index (χ1v) is 8.04. The molecular weight excluding hydrogens is 304 g/mol. The highest BCUT2D eigenvalue weighted by Crippen LogP contribution is 2.24. The van der Waals surface area contributed by atoms with Crippen LogP contribution in [0.15, 0.2) is 28.7 Å². The van der Waals surface area contributed by atoms with E-state index < -0.39 is 0 Å². The number of benzene rings is 1. The van der Waals surface area contributed by atoms with E-state index in [0.29, 0.717) is 12.0 Å². The number of aliphatic hydroxyl groups is 1. The van der Waals surface area contributed by atoms with Gasteiger partial charge in [0.25, 0.3) is 0 Å². The monoisotopic (exact) mass is 326 g/mol. The Hall–Kier alpha value is -0.380. The Morgan fingerprint density at radius 2 is 2.21 bits per heavy atom. The van der Waals surface area contributed by atoms with E-state index in [9.17, 15) is 5.11 Å². The lowest BCUT2D eigenvalue weighted by atomic mass is 9.94. The van der Waals surface area contributed by atoms with E-state index in [2.05, 4.69) is 34.1 Å². The maximum atomic E-state index is 9.52. The zero-order chi connectivity index (χ0) is 13.5. The van der Waals surface area contributed by atoms with Gasteiger partial charge in [0, 0.05) is 17.7 Å². The highest BCUT2D eigenvalue weighted by atomic mass is 79.9. The van der Waals surface area contributed by atoms with Crippen molar-refractivity contribution in [1.82, 2.24) is 0 Å². The highest BCUT2D eigenvalue weighted by molar-refractivity contribution is 9.10. The normalized spacial score (nSPS) is 20.6. The smallest absolute Gasteiger partial charge is 0.0576 e. The molecular formula is C16H23BrO2. The minimum atomic E-state index is 0.271. The third-order valence-electron chi connectivity index (χ3n) is 3.89. The van der Waals surface area contributed by atoms with E-state index in [1.807, 2.05) is 6.07 Å². The predicted molar refractivity (Wildman–Crippen MR) is 81.2 cm³/mol. The van der Waals surface area contributed by atoms with Gasteiger partial charge in [0.1, 0.15) is 0 Å². The van der Waals surface area contributed by atoms with E-state index in [1.54, 1.807) is 0 Å². The van der Waals surface area contributed by atoms with Crippen LogP contribution in [0, 0.1) is 5.92 Å². The summed E-state index contributed by atoms with van der Waals surface area (Å²) in [6.45, 7) is 1.21. The fourth-order valence-electron chi connectivity index (χ4n) is 2.74. The van der Waals surface area contributed by atoms with Gasteiger partial charge in [0.15, 0.2) is 0 Å². The summed E-state index contributed by atoms with van der Waals surface area (Å²) in [6.07, 6.45) is 7.23. The SMILES string of the molecule is OCC(CCCC1CCCO1)Cc1ccccc1Br. The van der Waals surface area contributed by atoms with Crippen molar-refractivity contribution < 1.29 is 9.84 Å². The van der Waals surface area contributed by atoms with Crippen LogP contribution in [-0.4, -0.2) is 24.4 Å². The summed E-state index contributed by atoms with van der Waals surface area (Å²) in [5.41, 5.74) is 1.29. The molecule has 2 unspecified atom stereocenters. The molecule has 0 saturated carbocycles. The van der Waals surface area contributed by atoms with E-state index in [0.717, 1.165) is 36.8 Å². The van der Waals surface area contributed by atoms with Crippen LogP contribution >= 0.6 is 15.9 Å². The van der Waals surface area contributed by atoms with Gasteiger partial charge in [-0.3, -0.25) is 0 Å². The van der Waals surface area contributed by atoms with Crippen molar-refractivity contribution >= 4 is 15.9 Å². The number of aliphatic hydroxyl groups excluding tert-OH is 1. The molecule has 0 bridgehead atoms. The van der Waals surface area contributed by atoms with Crippen molar-refractivity contribution in [2.75, 3.05) is 13.2 Å². The second kappa shape index (κ2) is 8.03. The lowest BCUT2D eigenvalue weighted by Gasteiger charge is -2.16. The molecule has 0 amide bonds. The first-order valence-electron chi connectivity index (χ1n) is 7.25. The Kier molecular flexibility index (Phi) is 6.35. The molecule has 0 spiro atoms. The molecule has 19 heavy (non-hydrogen) atoms. The standard InChI is InChI=1S/C16H23BrO2/c17-16-9-2-1-6-14(16)11-13(12-18)5-3-7-15-8-4-10-19-15/h1-2,6,9,13,15,18H,3-5,7-8,10-12H2. The molecule has 0 aliphatic carbocycles. The van der Waals surface area contributed by atoms with Gasteiger partial charge in [0.2, 0.25) is 0 Å². The molecule has 2 atom stereocenters. The Labute approximate surface area is 124 Å². The van der Waals surface area contributed by atoms with Gasteiger partial charge in [-0.1, -0.05) is 40.5 Å². The lowest BCUT2D eigenvalue weighted by molar-refractivity contribution is 0.0990. The van der Waals surface area contributed by atoms with Crippen LogP contribution in [0.4, 0.5) is 0 Å². The van der Waals surface area contributed by atoms with Gasteiger partial charge in [-0.25, -0.2) is 0 Å². The molecule has 0 aromatic heterocycles. The van der Waals surface area contributed by atoms with Crippen molar-refractivity contribution in [2.24, 2.45) is 5.92 Å². The quantitative estimate of drug-likeness (QED) is 0.822. The molecule has 1 fully saturated rings. The molecule has 2 nitrogen and oxygen atoms in total. The van der Waals surface area contributed by atoms with Crippen LogP contribution in [0.5, 0.6) is 0 Å². The second-order valence-electron chi connectivity index (χ2n) is 5.41. The number of hydrogen-bond donors (Lipinski definition) is 1. The summed E-state index contributed by atoms with van der Waals surface area (Å²) >= 11 is 3.57. The Bertz CT molecular complexity index is 375. The van der Waals surface area contributed by atoms with E-state index in [4.69, 9.17) is 4.74 Å². The summed E-state index contributed by atoms with van der Waals surface area (Å²) in [6, 6.07) is 8.28. The molecule has 1 aromatic rings. The molecule has 3 heteroatoms. The third kappa shape index (κ3) is 4.90. The fraction of sp³-hybridized carbons (Fsp3) is 0.625. The molecule has 106 valence electrons. The zero-order valence-corrected chi connectivity index (χ0v) is 12.9. The van der Waals surface area contributed by atoms with Crippen LogP contribution in [0.25, 0.3) is 0 Å². The van der Waals surface area contributed by atoms with Crippen molar-refractivity contribution in [2.45, 2.75) is 44.6 Å². The van der Waals surface area contributed by atoms with Crippen LogP contribution in [-0.2, 0) is 11.2 Å². The van der Waals surface area contributed by atoms with Crippen molar-refractivity contribution in [3.05, 3.63) is 34.3 Å². The predicted octanol–water partition coefficient (Wildman–Crippen LogP) is 3.95. The molecule has 0 radical (unpaired) electrons. The molecule has 1 heterocycles. The molecule has 1 N–H and O–H groups in total. The average molecular weight is 327 g/mol. The minimum Gasteiger partial charge on any atom is -0.396 e. The lowest BCUT2D eigenvalue weighted by Crippen LogP contribution is -2.12. The first-order chi connectivity index (χ1) is 9.29. The van der Waals surface area contributed by atoms with E-state index >= 15 is 0 Å². The van der Waals surface area contributed by atoms with Crippen LogP contribution < -0.4 is 0 Å². The molecule has 1 aromatic carbocycles. The number of rotatable bonds is 7. The summed E-state index contributed by atoms with van der Waals surface area (Å²) in [5, 5.41) is 9.52. The maximum absolute atomic E-state index is 9.52. The number of halogens is 1. The molecule has 1 saturated heterocycles. The van der Waals surface area contributed by atoms with Crippen LogP contribution in [0.3, 0.4) is 0 Å². The van der Waals surface area contributed by atoms with Crippen LogP contribution in [0.1, 0.15) is 37.7 Å². The van der Waals surface area contributed by atoms with Gasteiger partial charge in [-0.15, -0.1) is 0 Å². The number of ether oxygens (including phenoxy) is 1. The summed E-state index contributed by atoms with van der Waals surface area (Å²) in [5.74, 6) is 0.361. The highest BCUT2D eigenvalue weighted by Gasteiger charge is 2.16. The average Bonchev–Trinajstić information content (AvgIpc) is 2.93. The van der Waals surface area contributed by atoms with Crippen molar-refractivity contribution in [1.29, 1.82) is 0 Å². The summed E-state index contributed by atoms with van der Waals surface area (Å²) < 4.78 is 6.78.